The first-order valence-corrected chi connectivity index (χ1v) is 7.70. The normalized spacial score (nSPS) is 12.7. The van der Waals surface area contributed by atoms with Crippen LogP contribution < -0.4 is 5.32 Å². The third kappa shape index (κ3) is 2.92. The molecule has 20 heavy (non-hydrogen) atoms. The molecule has 0 aliphatic heterocycles. The molecule has 0 aliphatic carbocycles. The van der Waals surface area contributed by atoms with Crippen LogP contribution in [0.15, 0.2) is 33.4 Å². The van der Waals surface area contributed by atoms with Crippen molar-refractivity contribution in [3.05, 3.63) is 56.7 Å². The van der Waals surface area contributed by atoms with Crippen LogP contribution in [0.5, 0.6) is 0 Å². The second kappa shape index (κ2) is 6.74. The largest absolute Gasteiger partial charge is 0.469 e. The molecule has 1 aromatic carbocycles. The summed E-state index contributed by atoms with van der Waals surface area (Å²) in [6, 6.07) is 5.11. The van der Waals surface area contributed by atoms with Crippen molar-refractivity contribution in [2.75, 3.05) is 6.54 Å². The monoisotopic (exact) mass is 359 g/mol. The number of hydrogen-bond donors (Lipinski definition) is 1. The van der Waals surface area contributed by atoms with Gasteiger partial charge < -0.3 is 9.73 Å². The third-order valence-corrected chi connectivity index (χ3v) is 4.45. The maximum Gasteiger partial charge on any atom is 0.148 e. The summed E-state index contributed by atoms with van der Waals surface area (Å²) >= 11 is 9.22. The lowest BCUT2D eigenvalue weighted by atomic mass is 9.97. The van der Waals surface area contributed by atoms with Crippen LogP contribution in [-0.2, 0) is 6.42 Å². The van der Waals surface area contributed by atoms with Gasteiger partial charge in [-0.3, -0.25) is 0 Å². The Morgan fingerprint density at radius 1 is 1.30 bits per heavy atom. The first-order chi connectivity index (χ1) is 9.60. The van der Waals surface area contributed by atoms with Gasteiger partial charge in [0.1, 0.15) is 11.6 Å². The zero-order valence-electron chi connectivity index (χ0n) is 11.3. The predicted molar refractivity (Wildman–Crippen MR) is 82.7 cm³/mol. The van der Waals surface area contributed by atoms with Crippen molar-refractivity contribution >= 4 is 27.5 Å². The summed E-state index contributed by atoms with van der Waals surface area (Å²) in [5.41, 5.74) is 1.47. The van der Waals surface area contributed by atoms with E-state index in [0.29, 0.717) is 16.6 Å². The van der Waals surface area contributed by atoms with Crippen molar-refractivity contribution in [1.82, 2.24) is 5.32 Å². The highest BCUT2D eigenvalue weighted by Crippen LogP contribution is 2.34. The molecule has 2 rings (SSSR count). The lowest BCUT2D eigenvalue weighted by Gasteiger charge is -2.20. The molecule has 1 atom stereocenters. The van der Waals surface area contributed by atoms with E-state index in [-0.39, 0.29) is 11.1 Å². The van der Waals surface area contributed by atoms with Crippen LogP contribution in [0.1, 0.15) is 36.8 Å². The maximum absolute atomic E-state index is 14.4. The Morgan fingerprint density at radius 3 is 2.70 bits per heavy atom. The summed E-state index contributed by atoms with van der Waals surface area (Å²) < 4.78 is 20.4. The molecule has 1 unspecified atom stereocenters. The minimum absolute atomic E-state index is 0.104. The van der Waals surface area contributed by atoms with E-state index in [1.165, 1.54) is 0 Å². The number of nitrogens with one attached hydrogen (secondary N) is 1. The van der Waals surface area contributed by atoms with Gasteiger partial charge in [-0.1, -0.05) is 31.5 Å². The molecule has 0 spiro atoms. The van der Waals surface area contributed by atoms with Crippen LogP contribution in [0.2, 0.25) is 5.02 Å². The SMILES string of the molecule is CCNC(c1ccoc1CC)c1ccc(Br)c(Cl)c1F. The van der Waals surface area contributed by atoms with E-state index >= 15 is 0 Å². The molecular formula is C15H16BrClFNO. The molecule has 0 radical (unpaired) electrons. The maximum atomic E-state index is 14.4. The van der Waals surface area contributed by atoms with Gasteiger partial charge in [-0.15, -0.1) is 0 Å². The van der Waals surface area contributed by atoms with E-state index < -0.39 is 5.82 Å². The smallest absolute Gasteiger partial charge is 0.148 e. The number of benzene rings is 1. The van der Waals surface area contributed by atoms with Gasteiger partial charge in [-0.05, 0) is 34.6 Å². The molecule has 5 heteroatoms. The van der Waals surface area contributed by atoms with Crippen LogP contribution in [-0.4, -0.2) is 6.54 Å². The second-order valence-corrected chi connectivity index (χ2v) is 5.64. The summed E-state index contributed by atoms with van der Waals surface area (Å²) in [7, 11) is 0. The molecule has 0 bridgehead atoms. The first-order valence-electron chi connectivity index (χ1n) is 6.53. The Morgan fingerprint density at radius 2 is 2.05 bits per heavy atom. The number of rotatable bonds is 5. The fraction of sp³-hybridized carbons (Fsp3) is 0.333. The van der Waals surface area contributed by atoms with Crippen molar-refractivity contribution in [2.45, 2.75) is 26.3 Å². The lowest BCUT2D eigenvalue weighted by molar-refractivity contribution is 0.497. The standard InChI is InChI=1S/C15H16BrClFNO/c1-3-12-9(7-8-20-12)15(19-4-2)10-5-6-11(16)13(17)14(10)18/h5-8,15,19H,3-4H2,1-2H3. The fourth-order valence-electron chi connectivity index (χ4n) is 2.25. The van der Waals surface area contributed by atoms with Crippen LogP contribution >= 0.6 is 27.5 Å². The van der Waals surface area contributed by atoms with Gasteiger partial charge in [-0.25, -0.2) is 4.39 Å². The molecule has 0 saturated heterocycles. The Labute approximate surface area is 131 Å². The minimum Gasteiger partial charge on any atom is -0.469 e. The average Bonchev–Trinajstić information content (AvgIpc) is 2.91. The van der Waals surface area contributed by atoms with E-state index in [4.69, 9.17) is 16.0 Å². The van der Waals surface area contributed by atoms with Gasteiger partial charge in [0.05, 0.1) is 17.3 Å². The van der Waals surface area contributed by atoms with Crippen LogP contribution in [0.3, 0.4) is 0 Å². The Kier molecular flexibility index (Phi) is 5.24. The number of halogens is 3. The van der Waals surface area contributed by atoms with Crippen molar-refractivity contribution in [3.63, 3.8) is 0 Å². The van der Waals surface area contributed by atoms with E-state index in [2.05, 4.69) is 21.2 Å². The zero-order valence-corrected chi connectivity index (χ0v) is 13.7. The zero-order chi connectivity index (χ0) is 14.7. The summed E-state index contributed by atoms with van der Waals surface area (Å²) in [6.45, 7) is 4.71. The highest BCUT2D eigenvalue weighted by Gasteiger charge is 2.23. The number of aryl methyl sites for hydroxylation is 1. The molecule has 2 aromatic rings. The van der Waals surface area contributed by atoms with E-state index in [1.54, 1.807) is 18.4 Å². The minimum atomic E-state index is -0.407. The van der Waals surface area contributed by atoms with Crippen molar-refractivity contribution in [1.29, 1.82) is 0 Å². The summed E-state index contributed by atoms with van der Waals surface area (Å²) in [5.74, 6) is 0.449. The number of furan rings is 1. The molecule has 0 saturated carbocycles. The van der Waals surface area contributed by atoms with E-state index in [9.17, 15) is 4.39 Å². The molecule has 2 nitrogen and oxygen atoms in total. The highest BCUT2D eigenvalue weighted by atomic mass is 79.9. The van der Waals surface area contributed by atoms with E-state index in [1.807, 2.05) is 19.9 Å². The highest BCUT2D eigenvalue weighted by molar-refractivity contribution is 9.10. The predicted octanol–water partition coefficient (Wildman–Crippen LogP) is 5.10. The second-order valence-electron chi connectivity index (χ2n) is 4.41. The van der Waals surface area contributed by atoms with Crippen molar-refractivity contribution in [3.8, 4) is 0 Å². The molecule has 0 amide bonds. The Hall–Kier alpha value is -0.840. The summed E-state index contributed by atoms with van der Waals surface area (Å²) in [5, 5.41) is 3.39. The van der Waals surface area contributed by atoms with Crippen LogP contribution in [0, 0.1) is 5.82 Å². The van der Waals surface area contributed by atoms with Gasteiger partial charge in [0.25, 0.3) is 0 Å². The van der Waals surface area contributed by atoms with Gasteiger partial charge in [0.15, 0.2) is 0 Å². The van der Waals surface area contributed by atoms with E-state index in [0.717, 1.165) is 17.7 Å². The molecule has 1 aromatic heterocycles. The molecule has 1 N–H and O–H groups in total. The third-order valence-electron chi connectivity index (χ3n) is 3.20. The van der Waals surface area contributed by atoms with Gasteiger partial charge in [-0.2, -0.15) is 0 Å². The topological polar surface area (TPSA) is 25.2 Å². The van der Waals surface area contributed by atoms with Crippen LogP contribution in [0.25, 0.3) is 0 Å². The van der Waals surface area contributed by atoms with Gasteiger partial charge >= 0.3 is 0 Å². The van der Waals surface area contributed by atoms with Crippen LogP contribution in [0.4, 0.5) is 4.39 Å². The lowest BCUT2D eigenvalue weighted by Crippen LogP contribution is -2.23. The molecular weight excluding hydrogens is 345 g/mol. The summed E-state index contributed by atoms with van der Waals surface area (Å²) in [4.78, 5) is 0. The molecule has 1 heterocycles. The Balaban J connectivity index is 2.52. The Bertz CT molecular complexity index is 600. The first kappa shape index (κ1) is 15.5. The van der Waals surface area contributed by atoms with Gasteiger partial charge in [0.2, 0.25) is 0 Å². The molecule has 0 aliphatic rings. The molecule has 108 valence electrons. The van der Waals surface area contributed by atoms with Crippen molar-refractivity contribution in [2.24, 2.45) is 0 Å². The van der Waals surface area contributed by atoms with Crippen molar-refractivity contribution < 1.29 is 8.81 Å². The number of hydrogen-bond acceptors (Lipinski definition) is 2. The quantitative estimate of drug-likeness (QED) is 0.751. The fourth-order valence-corrected chi connectivity index (χ4v) is 2.73. The summed E-state index contributed by atoms with van der Waals surface area (Å²) in [6.07, 6.45) is 2.40. The van der Waals surface area contributed by atoms with Gasteiger partial charge in [0, 0.05) is 22.0 Å². The molecule has 0 fully saturated rings. The average molecular weight is 361 g/mol.